The summed E-state index contributed by atoms with van der Waals surface area (Å²) in [6.07, 6.45) is 0.852. The molecule has 6 heteroatoms. The molecule has 0 atom stereocenters. The lowest BCUT2D eigenvalue weighted by atomic mass is 10.0. The Morgan fingerprint density at radius 2 is 1.86 bits per heavy atom. The van der Waals surface area contributed by atoms with Gasteiger partial charge in [-0.3, -0.25) is 0 Å². The van der Waals surface area contributed by atoms with Crippen molar-refractivity contribution in [2.24, 2.45) is 0 Å². The quantitative estimate of drug-likeness (QED) is 0.406. The Morgan fingerprint density at radius 1 is 1.07 bits per heavy atom. The number of nitrogens with zero attached hydrogens (tertiary/aromatic N) is 2. The van der Waals surface area contributed by atoms with Gasteiger partial charge in [-0.2, -0.15) is 5.26 Å². The van der Waals surface area contributed by atoms with E-state index in [1.807, 2.05) is 30.3 Å². The highest BCUT2D eigenvalue weighted by atomic mass is 32.1. The van der Waals surface area contributed by atoms with Crippen molar-refractivity contribution in [3.63, 3.8) is 0 Å². The van der Waals surface area contributed by atoms with Crippen LogP contribution in [0.3, 0.4) is 0 Å². The number of aryl methyl sites for hydroxylation is 2. The van der Waals surface area contributed by atoms with Crippen LogP contribution in [0, 0.1) is 25.2 Å². The second-order valence-electron chi connectivity index (χ2n) is 6.95. The molecular formula is C23H25N5S. The molecule has 0 bridgehead atoms. The molecule has 3 aromatic rings. The first-order chi connectivity index (χ1) is 14.1. The summed E-state index contributed by atoms with van der Waals surface area (Å²) in [6.45, 7) is 6.28. The van der Waals surface area contributed by atoms with Crippen molar-refractivity contribution >= 4 is 34.1 Å². The van der Waals surface area contributed by atoms with E-state index in [0.717, 1.165) is 29.4 Å². The molecule has 3 rings (SSSR count). The Kier molecular flexibility index (Phi) is 6.99. The van der Waals surface area contributed by atoms with E-state index in [1.165, 1.54) is 11.1 Å². The molecule has 1 heterocycles. The van der Waals surface area contributed by atoms with E-state index in [4.69, 9.17) is 17.2 Å². The third-order valence-corrected chi connectivity index (χ3v) is 5.15. The van der Waals surface area contributed by atoms with E-state index in [0.29, 0.717) is 29.6 Å². The van der Waals surface area contributed by atoms with Crippen molar-refractivity contribution in [2.75, 3.05) is 18.4 Å². The molecule has 29 heavy (non-hydrogen) atoms. The van der Waals surface area contributed by atoms with Crippen molar-refractivity contribution < 1.29 is 0 Å². The monoisotopic (exact) mass is 403 g/mol. The zero-order valence-electron chi connectivity index (χ0n) is 16.7. The summed E-state index contributed by atoms with van der Waals surface area (Å²) in [7, 11) is 0. The highest BCUT2D eigenvalue weighted by molar-refractivity contribution is 7.80. The zero-order valence-corrected chi connectivity index (χ0v) is 17.6. The Morgan fingerprint density at radius 3 is 2.62 bits per heavy atom. The molecule has 148 valence electrons. The van der Waals surface area contributed by atoms with Crippen molar-refractivity contribution in [2.45, 2.75) is 26.8 Å². The van der Waals surface area contributed by atoms with Gasteiger partial charge in [0.05, 0.1) is 11.1 Å². The Balaban J connectivity index is 1.49. The maximum atomic E-state index is 9.46. The number of rotatable bonds is 7. The van der Waals surface area contributed by atoms with Crippen molar-refractivity contribution in [3.05, 3.63) is 70.8 Å². The van der Waals surface area contributed by atoms with Gasteiger partial charge in [-0.25, -0.2) is 4.98 Å². The number of nitriles is 1. The highest BCUT2D eigenvalue weighted by Gasteiger charge is 2.09. The van der Waals surface area contributed by atoms with Gasteiger partial charge in [-0.15, -0.1) is 0 Å². The van der Waals surface area contributed by atoms with E-state index >= 15 is 0 Å². The van der Waals surface area contributed by atoms with Crippen LogP contribution in [-0.4, -0.2) is 23.2 Å². The molecule has 0 aliphatic carbocycles. The van der Waals surface area contributed by atoms with Gasteiger partial charge in [-0.05, 0) is 55.2 Å². The number of fused-ring (bicyclic) bond motifs is 1. The third-order valence-electron chi connectivity index (χ3n) is 4.86. The summed E-state index contributed by atoms with van der Waals surface area (Å²) in [5, 5.41) is 20.8. The summed E-state index contributed by atoms with van der Waals surface area (Å²) in [4.78, 5) is 4.71. The zero-order chi connectivity index (χ0) is 20.6. The van der Waals surface area contributed by atoms with Gasteiger partial charge in [0.1, 0.15) is 11.9 Å². The van der Waals surface area contributed by atoms with Crippen LogP contribution in [0.2, 0.25) is 0 Å². The van der Waals surface area contributed by atoms with Crippen LogP contribution in [0.4, 0.5) is 5.82 Å². The number of anilines is 1. The smallest absolute Gasteiger partial charge is 0.166 e. The molecule has 0 fully saturated rings. The van der Waals surface area contributed by atoms with Crippen LogP contribution >= 0.6 is 12.2 Å². The Labute approximate surface area is 177 Å². The summed E-state index contributed by atoms with van der Waals surface area (Å²) >= 11 is 5.32. The van der Waals surface area contributed by atoms with Gasteiger partial charge in [0.2, 0.25) is 0 Å². The molecule has 0 unspecified atom stereocenters. The van der Waals surface area contributed by atoms with E-state index in [-0.39, 0.29) is 0 Å². The van der Waals surface area contributed by atoms with Gasteiger partial charge in [0.25, 0.3) is 0 Å². The fraction of sp³-hybridized carbons (Fsp3) is 0.261. The van der Waals surface area contributed by atoms with Crippen LogP contribution in [0.5, 0.6) is 0 Å². The maximum absolute atomic E-state index is 9.46. The molecule has 0 amide bonds. The van der Waals surface area contributed by atoms with Crippen molar-refractivity contribution in [3.8, 4) is 6.07 Å². The highest BCUT2D eigenvalue weighted by Crippen LogP contribution is 2.24. The number of pyridine rings is 1. The molecule has 0 spiro atoms. The van der Waals surface area contributed by atoms with Crippen LogP contribution in [0.15, 0.2) is 48.5 Å². The lowest BCUT2D eigenvalue weighted by Gasteiger charge is -2.13. The topological polar surface area (TPSA) is 72.8 Å². The lowest BCUT2D eigenvalue weighted by Crippen LogP contribution is -2.35. The fourth-order valence-corrected chi connectivity index (χ4v) is 3.21. The van der Waals surface area contributed by atoms with Crippen LogP contribution in [0.25, 0.3) is 10.9 Å². The van der Waals surface area contributed by atoms with Crippen molar-refractivity contribution in [1.82, 2.24) is 15.6 Å². The number of benzene rings is 2. The first-order valence-electron chi connectivity index (χ1n) is 9.69. The third kappa shape index (κ3) is 5.43. The standard InChI is InChI=1S/C23H25N5S/c1-16-9-10-19-13-20(14-24)22(28-21(19)17(16)2)25-11-6-12-26-23(29)27-15-18-7-4-3-5-8-18/h3-5,7-10,13H,6,11-12,15H2,1-2H3,(H,25,28)(H2,26,27,29). The SMILES string of the molecule is Cc1ccc2cc(C#N)c(NCCCNC(=S)NCc3ccccc3)nc2c1C. The first kappa shape index (κ1) is 20.6. The second kappa shape index (κ2) is 9.85. The molecule has 1 aromatic heterocycles. The van der Waals surface area contributed by atoms with Gasteiger partial charge in [0.15, 0.2) is 5.11 Å². The number of aromatic nitrogens is 1. The minimum atomic E-state index is 0.564. The predicted molar refractivity (Wildman–Crippen MR) is 123 cm³/mol. The van der Waals surface area contributed by atoms with Gasteiger partial charge in [-0.1, -0.05) is 42.5 Å². The average molecular weight is 404 g/mol. The lowest BCUT2D eigenvalue weighted by molar-refractivity contribution is 0.776. The molecule has 2 aromatic carbocycles. The molecule has 3 N–H and O–H groups in total. The normalized spacial score (nSPS) is 10.4. The fourth-order valence-electron chi connectivity index (χ4n) is 3.04. The molecule has 5 nitrogen and oxygen atoms in total. The summed E-state index contributed by atoms with van der Waals surface area (Å²) < 4.78 is 0. The van der Waals surface area contributed by atoms with Crippen LogP contribution < -0.4 is 16.0 Å². The Bertz CT molecular complexity index is 1040. The molecular weight excluding hydrogens is 378 g/mol. The van der Waals surface area contributed by atoms with E-state index in [1.54, 1.807) is 0 Å². The summed E-state index contributed by atoms with van der Waals surface area (Å²) in [5.41, 5.74) is 5.04. The molecule has 0 radical (unpaired) electrons. The number of nitrogens with one attached hydrogen (secondary N) is 3. The van der Waals surface area contributed by atoms with Crippen LogP contribution in [-0.2, 0) is 6.54 Å². The van der Waals surface area contributed by atoms with Gasteiger partial charge >= 0.3 is 0 Å². The molecule has 0 aliphatic rings. The second-order valence-corrected chi connectivity index (χ2v) is 7.36. The summed E-state index contributed by atoms with van der Waals surface area (Å²) in [6, 6.07) is 18.4. The van der Waals surface area contributed by atoms with Gasteiger partial charge in [0, 0.05) is 25.0 Å². The molecule has 0 saturated heterocycles. The Hall–Kier alpha value is -3.17. The number of hydrogen-bond donors (Lipinski definition) is 3. The summed E-state index contributed by atoms with van der Waals surface area (Å²) in [5.74, 6) is 0.637. The number of hydrogen-bond acceptors (Lipinski definition) is 4. The predicted octanol–water partition coefficient (Wildman–Crippen LogP) is 4.19. The van der Waals surface area contributed by atoms with Gasteiger partial charge < -0.3 is 16.0 Å². The average Bonchev–Trinajstić information content (AvgIpc) is 2.75. The maximum Gasteiger partial charge on any atom is 0.166 e. The van der Waals surface area contributed by atoms with E-state index in [9.17, 15) is 5.26 Å². The van der Waals surface area contributed by atoms with E-state index in [2.05, 4.69) is 54.1 Å². The minimum absolute atomic E-state index is 0.564. The minimum Gasteiger partial charge on any atom is -0.369 e. The van der Waals surface area contributed by atoms with Crippen LogP contribution in [0.1, 0.15) is 28.7 Å². The largest absolute Gasteiger partial charge is 0.369 e. The molecule has 0 saturated carbocycles. The number of thiocarbonyl (C=S) groups is 1. The van der Waals surface area contributed by atoms with Crippen molar-refractivity contribution in [1.29, 1.82) is 5.26 Å². The molecule has 0 aliphatic heterocycles. The first-order valence-corrected chi connectivity index (χ1v) is 10.1. The van der Waals surface area contributed by atoms with E-state index < -0.39 is 0 Å².